The third-order valence-electron chi connectivity index (χ3n) is 2.71. The van der Waals surface area contributed by atoms with E-state index in [9.17, 15) is 0 Å². The van der Waals surface area contributed by atoms with Gasteiger partial charge in [-0.05, 0) is 18.1 Å². The Balaban J connectivity index is 2.37. The van der Waals surface area contributed by atoms with Crippen LogP contribution >= 0.6 is 0 Å². The van der Waals surface area contributed by atoms with Crippen LogP contribution < -0.4 is 10.5 Å². The zero-order valence-electron chi connectivity index (χ0n) is 9.92. The topological polar surface area (TPSA) is 61.0 Å². The summed E-state index contributed by atoms with van der Waals surface area (Å²) in [4.78, 5) is 8.16. The van der Waals surface area contributed by atoms with Crippen molar-refractivity contribution < 1.29 is 4.74 Å². The molecule has 0 saturated heterocycles. The van der Waals surface area contributed by atoms with Crippen molar-refractivity contribution >= 4 is 0 Å². The number of aryl methyl sites for hydroxylation is 1. The van der Waals surface area contributed by atoms with Crippen LogP contribution in [0.2, 0.25) is 0 Å². The number of benzene rings is 1. The van der Waals surface area contributed by atoms with E-state index in [-0.39, 0.29) is 6.04 Å². The van der Waals surface area contributed by atoms with Gasteiger partial charge in [-0.15, -0.1) is 0 Å². The van der Waals surface area contributed by atoms with Gasteiger partial charge >= 0.3 is 0 Å². The van der Waals surface area contributed by atoms with E-state index < -0.39 is 0 Å². The van der Waals surface area contributed by atoms with Gasteiger partial charge < -0.3 is 10.5 Å². The molecule has 2 aromatic rings. The van der Waals surface area contributed by atoms with Crippen LogP contribution in [0.15, 0.2) is 36.7 Å². The average molecular weight is 229 g/mol. The van der Waals surface area contributed by atoms with Crippen molar-refractivity contribution in [3.05, 3.63) is 53.5 Å². The molecule has 0 radical (unpaired) electrons. The molecule has 0 aliphatic carbocycles. The molecule has 0 spiro atoms. The Kier molecular flexibility index (Phi) is 3.35. The standard InChI is InChI=1S/C13H15N3O/c1-9-5-3-4-6-10(9)13(14)11-7-12(17-2)16-8-15-11/h3-8,13H,14H2,1-2H3. The molecule has 0 saturated carbocycles. The van der Waals surface area contributed by atoms with E-state index in [4.69, 9.17) is 10.5 Å². The fourth-order valence-corrected chi connectivity index (χ4v) is 1.73. The predicted octanol–water partition coefficient (Wildman–Crippen LogP) is 1.84. The highest BCUT2D eigenvalue weighted by atomic mass is 16.5. The molecule has 0 aliphatic heterocycles. The second-order valence-electron chi connectivity index (χ2n) is 3.82. The lowest BCUT2D eigenvalue weighted by Gasteiger charge is -2.14. The van der Waals surface area contributed by atoms with Crippen LogP contribution in [0.1, 0.15) is 22.9 Å². The first-order chi connectivity index (χ1) is 8.22. The van der Waals surface area contributed by atoms with Crippen LogP contribution in [-0.4, -0.2) is 17.1 Å². The molecule has 1 aromatic carbocycles. The van der Waals surface area contributed by atoms with Gasteiger partial charge in [0.25, 0.3) is 0 Å². The van der Waals surface area contributed by atoms with Crippen LogP contribution in [0.5, 0.6) is 5.88 Å². The van der Waals surface area contributed by atoms with Gasteiger partial charge in [0, 0.05) is 6.07 Å². The second kappa shape index (κ2) is 4.93. The minimum absolute atomic E-state index is 0.256. The number of hydrogen-bond acceptors (Lipinski definition) is 4. The Bertz CT molecular complexity index is 514. The second-order valence-corrected chi connectivity index (χ2v) is 3.82. The van der Waals surface area contributed by atoms with Gasteiger partial charge in [0.1, 0.15) is 6.33 Å². The van der Waals surface area contributed by atoms with Gasteiger partial charge in [0.05, 0.1) is 18.8 Å². The lowest BCUT2D eigenvalue weighted by atomic mass is 9.99. The van der Waals surface area contributed by atoms with E-state index in [0.29, 0.717) is 5.88 Å². The fourth-order valence-electron chi connectivity index (χ4n) is 1.73. The Labute approximate surface area is 100 Å². The molecule has 4 heteroatoms. The highest BCUT2D eigenvalue weighted by Crippen LogP contribution is 2.22. The number of ether oxygens (including phenoxy) is 1. The Morgan fingerprint density at radius 1 is 1.24 bits per heavy atom. The number of methoxy groups -OCH3 is 1. The van der Waals surface area contributed by atoms with Crippen molar-refractivity contribution in [1.82, 2.24) is 9.97 Å². The van der Waals surface area contributed by atoms with E-state index in [1.54, 1.807) is 13.2 Å². The van der Waals surface area contributed by atoms with E-state index in [1.807, 2.05) is 31.2 Å². The molecule has 0 aliphatic rings. The molecule has 1 heterocycles. The van der Waals surface area contributed by atoms with Crippen molar-refractivity contribution in [2.75, 3.05) is 7.11 Å². The van der Waals surface area contributed by atoms with Crippen LogP contribution in [-0.2, 0) is 0 Å². The molecule has 1 unspecified atom stereocenters. The van der Waals surface area contributed by atoms with E-state index >= 15 is 0 Å². The predicted molar refractivity (Wildman–Crippen MR) is 65.8 cm³/mol. The van der Waals surface area contributed by atoms with E-state index in [2.05, 4.69) is 9.97 Å². The van der Waals surface area contributed by atoms with Crippen LogP contribution in [0, 0.1) is 6.92 Å². The van der Waals surface area contributed by atoms with E-state index in [0.717, 1.165) is 16.8 Å². The molecule has 4 nitrogen and oxygen atoms in total. The lowest BCUT2D eigenvalue weighted by Crippen LogP contribution is -2.15. The zero-order valence-corrected chi connectivity index (χ0v) is 9.92. The largest absolute Gasteiger partial charge is 0.481 e. The minimum atomic E-state index is -0.256. The van der Waals surface area contributed by atoms with Crippen molar-refractivity contribution in [2.45, 2.75) is 13.0 Å². The van der Waals surface area contributed by atoms with Crippen molar-refractivity contribution in [3.63, 3.8) is 0 Å². The van der Waals surface area contributed by atoms with Gasteiger partial charge in [0.2, 0.25) is 5.88 Å². The summed E-state index contributed by atoms with van der Waals surface area (Å²) in [5.74, 6) is 0.527. The van der Waals surface area contributed by atoms with Crippen LogP contribution in [0.3, 0.4) is 0 Å². The first-order valence-corrected chi connectivity index (χ1v) is 5.39. The number of nitrogens with two attached hydrogens (primary N) is 1. The van der Waals surface area contributed by atoms with Crippen molar-refractivity contribution in [3.8, 4) is 5.88 Å². The van der Waals surface area contributed by atoms with Crippen molar-refractivity contribution in [1.29, 1.82) is 0 Å². The SMILES string of the molecule is COc1cc(C(N)c2ccccc2C)ncn1. The van der Waals surface area contributed by atoms with Crippen LogP contribution in [0.25, 0.3) is 0 Å². The molecule has 0 bridgehead atoms. The van der Waals surface area contributed by atoms with Gasteiger partial charge in [-0.2, -0.15) is 0 Å². The Hall–Kier alpha value is -1.94. The summed E-state index contributed by atoms with van der Waals surface area (Å²) in [7, 11) is 1.57. The number of aromatic nitrogens is 2. The molecular formula is C13H15N3O. The Morgan fingerprint density at radius 3 is 2.71 bits per heavy atom. The van der Waals surface area contributed by atoms with Gasteiger partial charge in [-0.25, -0.2) is 9.97 Å². The summed E-state index contributed by atoms with van der Waals surface area (Å²) in [6.45, 7) is 2.04. The van der Waals surface area contributed by atoms with Crippen molar-refractivity contribution in [2.24, 2.45) is 5.73 Å². The highest BCUT2D eigenvalue weighted by Gasteiger charge is 2.13. The maximum atomic E-state index is 6.19. The quantitative estimate of drug-likeness (QED) is 0.872. The molecule has 1 atom stereocenters. The zero-order chi connectivity index (χ0) is 12.3. The fraction of sp³-hybridized carbons (Fsp3) is 0.231. The minimum Gasteiger partial charge on any atom is -0.481 e. The first kappa shape index (κ1) is 11.5. The molecule has 1 aromatic heterocycles. The third kappa shape index (κ3) is 2.42. The smallest absolute Gasteiger partial charge is 0.216 e. The monoisotopic (exact) mass is 229 g/mol. The summed E-state index contributed by atoms with van der Waals surface area (Å²) < 4.78 is 5.06. The molecule has 0 fully saturated rings. The Morgan fingerprint density at radius 2 is 2.00 bits per heavy atom. The maximum Gasteiger partial charge on any atom is 0.216 e. The normalized spacial score (nSPS) is 12.2. The van der Waals surface area contributed by atoms with Crippen LogP contribution in [0.4, 0.5) is 0 Å². The maximum absolute atomic E-state index is 6.19. The van der Waals surface area contributed by atoms with Gasteiger partial charge in [-0.1, -0.05) is 24.3 Å². The average Bonchev–Trinajstić information content (AvgIpc) is 2.38. The lowest BCUT2D eigenvalue weighted by molar-refractivity contribution is 0.395. The number of rotatable bonds is 3. The van der Waals surface area contributed by atoms with Gasteiger partial charge in [0.15, 0.2) is 0 Å². The molecule has 2 N–H and O–H groups in total. The third-order valence-corrected chi connectivity index (χ3v) is 2.71. The van der Waals surface area contributed by atoms with Gasteiger partial charge in [-0.3, -0.25) is 0 Å². The summed E-state index contributed by atoms with van der Waals surface area (Å²) in [6, 6.07) is 9.51. The van der Waals surface area contributed by atoms with E-state index in [1.165, 1.54) is 6.33 Å². The summed E-state index contributed by atoms with van der Waals surface area (Å²) in [6.07, 6.45) is 1.46. The molecule has 0 amide bonds. The highest BCUT2D eigenvalue weighted by molar-refractivity contribution is 5.34. The summed E-state index contributed by atoms with van der Waals surface area (Å²) in [5, 5.41) is 0. The molecule has 88 valence electrons. The molecule has 2 rings (SSSR count). The number of nitrogens with zero attached hydrogens (tertiary/aromatic N) is 2. The first-order valence-electron chi connectivity index (χ1n) is 5.39. The summed E-state index contributed by atoms with van der Waals surface area (Å²) in [5.41, 5.74) is 9.16. The molecular weight excluding hydrogens is 214 g/mol. The summed E-state index contributed by atoms with van der Waals surface area (Å²) >= 11 is 0. The molecule has 17 heavy (non-hydrogen) atoms. The number of hydrogen-bond donors (Lipinski definition) is 1.